The molecule has 0 bridgehead atoms. The monoisotopic (exact) mass is 240 g/mol. The standard InChI is InChI=1S/C11H13ClN2O2/c1-8(15)16-13-11(12)9-4-6-10(7-5-9)14(2)3/h4-7H,1-3H3/b13-11+. The van der Waals surface area contributed by atoms with Crippen LogP contribution in [0.5, 0.6) is 0 Å². The minimum Gasteiger partial charge on any atom is -0.378 e. The summed E-state index contributed by atoms with van der Waals surface area (Å²) in [5.74, 6) is -0.497. The summed E-state index contributed by atoms with van der Waals surface area (Å²) in [6.07, 6.45) is 0. The summed E-state index contributed by atoms with van der Waals surface area (Å²) in [5.41, 5.74) is 1.76. The molecule has 0 aliphatic heterocycles. The molecular formula is C11H13ClN2O2. The van der Waals surface area contributed by atoms with Crippen molar-refractivity contribution < 1.29 is 9.63 Å². The van der Waals surface area contributed by atoms with E-state index in [4.69, 9.17) is 11.6 Å². The molecule has 16 heavy (non-hydrogen) atoms. The second kappa shape index (κ2) is 5.51. The fraction of sp³-hybridized carbons (Fsp3) is 0.273. The molecule has 0 saturated carbocycles. The number of hydrogen-bond acceptors (Lipinski definition) is 4. The number of halogens is 1. The molecule has 0 atom stereocenters. The smallest absolute Gasteiger partial charge is 0.332 e. The van der Waals surface area contributed by atoms with Crippen LogP contribution in [0.25, 0.3) is 0 Å². The minimum absolute atomic E-state index is 0.153. The summed E-state index contributed by atoms with van der Waals surface area (Å²) in [4.78, 5) is 16.9. The zero-order chi connectivity index (χ0) is 12.1. The SMILES string of the molecule is CC(=O)O/N=C(/Cl)c1ccc(N(C)C)cc1. The van der Waals surface area contributed by atoms with Gasteiger partial charge in [-0.05, 0) is 24.3 Å². The summed E-state index contributed by atoms with van der Waals surface area (Å²) >= 11 is 5.84. The van der Waals surface area contributed by atoms with Crippen molar-refractivity contribution in [2.45, 2.75) is 6.92 Å². The van der Waals surface area contributed by atoms with Crippen LogP contribution >= 0.6 is 11.6 Å². The molecule has 0 N–H and O–H groups in total. The van der Waals surface area contributed by atoms with Crippen molar-refractivity contribution in [1.29, 1.82) is 0 Å². The molecule has 86 valence electrons. The van der Waals surface area contributed by atoms with Crippen LogP contribution in [0, 0.1) is 0 Å². The van der Waals surface area contributed by atoms with E-state index in [0.29, 0.717) is 5.56 Å². The summed E-state index contributed by atoms with van der Waals surface area (Å²) in [5, 5.41) is 3.64. The Morgan fingerprint density at radius 1 is 1.31 bits per heavy atom. The van der Waals surface area contributed by atoms with Crippen LogP contribution < -0.4 is 4.90 Å². The maximum Gasteiger partial charge on any atom is 0.332 e. The number of nitrogens with zero attached hydrogens (tertiary/aromatic N) is 2. The van der Waals surface area contributed by atoms with Crippen molar-refractivity contribution in [3.8, 4) is 0 Å². The molecule has 0 fully saturated rings. The number of anilines is 1. The lowest BCUT2D eigenvalue weighted by atomic mass is 10.2. The average Bonchev–Trinajstić information content (AvgIpc) is 2.26. The molecule has 4 nitrogen and oxygen atoms in total. The molecule has 0 aliphatic carbocycles. The third-order valence-electron chi connectivity index (χ3n) is 1.88. The van der Waals surface area contributed by atoms with Crippen LogP contribution in [0.4, 0.5) is 5.69 Å². The Balaban J connectivity index is 2.81. The van der Waals surface area contributed by atoms with Crippen molar-refractivity contribution >= 4 is 28.4 Å². The van der Waals surface area contributed by atoms with Gasteiger partial charge in [-0.2, -0.15) is 0 Å². The molecule has 0 radical (unpaired) electrons. The summed E-state index contributed by atoms with van der Waals surface area (Å²) < 4.78 is 0. The Bertz CT molecular complexity index is 399. The van der Waals surface area contributed by atoms with Gasteiger partial charge in [0.2, 0.25) is 0 Å². The Hall–Kier alpha value is -1.55. The largest absolute Gasteiger partial charge is 0.378 e. The number of rotatable bonds is 3. The quantitative estimate of drug-likeness (QED) is 0.462. The molecular weight excluding hydrogens is 228 g/mol. The van der Waals surface area contributed by atoms with E-state index in [-0.39, 0.29) is 5.17 Å². The van der Waals surface area contributed by atoms with Crippen LogP contribution in [0.15, 0.2) is 29.4 Å². The highest BCUT2D eigenvalue weighted by Gasteiger charge is 2.02. The number of hydrogen-bond donors (Lipinski definition) is 0. The van der Waals surface area contributed by atoms with Crippen LogP contribution in [0.3, 0.4) is 0 Å². The summed E-state index contributed by atoms with van der Waals surface area (Å²) in [6.45, 7) is 1.27. The van der Waals surface area contributed by atoms with Crippen LogP contribution in [0.1, 0.15) is 12.5 Å². The molecule has 0 aliphatic rings. The molecule has 5 heteroatoms. The topological polar surface area (TPSA) is 41.9 Å². The van der Waals surface area contributed by atoms with Crippen molar-refractivity contribution in [1.82, 2.24) is 0 Å². The van der Waals surface area contributed by atoms with Crippen molar-refractivity contribution in [3.05, 3.63) is 29.8 Å². The molecule has 1 rings (SSSR count). The lowest BCUT2D eigenvalue weighted by Gasteiger charge is -2.12. The van der Waals surface area contributed by atoms with Gasteiger partial charge >= 0.3 is 5.97 Å². The summed E-state index contributed by atoms with van der Waals surface area (Å²) in [6, 6.07) is 7.43. The van der Waals surface area contributed by atoms with Gasteiger partial charge in [0.1, 0.15) is 0 Å². The van der Waals surface area contributed by atoms with Gasteiger partial charge in [0, 0.05) is 32.3 Å². The fourth-order valence-corrected chi connectivity index (χ4v) is 1.21. The van der Waals surface area contributed by atoms with E-state index < -0.39 is 5.97 Å². The first-order chi connectivity index (χ1) is 7.50. The zero-order valence-electron chi connectivity index (χ0n) is 9.40. The highest BCUT2D eigenvalue weighted by Crippen LogP contribution is 2.14. The third-order valence-corrected chi connectivity index (χ3v) is 2.16. The second-order valence-corrected chi connectivity index (χ2v) is 3.76. The molecule has 1 aromatic rings. The highest BCUT2D eigenvalue weighted by molar-refractivity contribution is 6.69. The van der Waals surface area contributed by atoms with Gasteiger partial charge in [-0.1, -0.05) is 16.8 Å². The second-order valence-electron chi connectivity index (χ2n) is 3.41. The molecule has 0 aromatic heterocycles. The molecule has 0 heterocycles. The van der Waals surface area contributed by atoms with Gasteiger partial charge in [-0.25, -0.2) is 4.79 Å². The fourth-order valence-electron chi connectivity index (χ4n) is 1.05. The Labute approximate surface area is 99.4 Å². The lowest BCUT2D eigenvalue weighted by molar-refractivity contribution is -0.140. The van der Waals surface area contributed by atoms with Crippen LogP contribution in [0.2, 0.25) is 0 Å². The van der Waals surface area contributed by atoms with Crippen LogP contribution in [-0.2, 0) is 9.63 Å². The van der Waals surface area contributed by atoms with E-state index in [1.54, 1.807) is 0 Å². The molecule has 0 unspecified atom stereocenters. The van der Waals surface area contributed by atoms with Gasteiger partial charge in [0.05, 0.1) is 0 Å². The van der Waals surface area contributed by atoms with Gasteiger partial charge in [-0.15, -0.1) is 0 Å². The Morgan fingerprint density at radius 3 is 2.31 bits per heavy atom. The molecule has 0 amide bonds. The van der Waals surface area contributed by atoms with Gasteiger partial charge < -0.3 is 9.74 Å². The minimum atomic E-state index is -0.497. The molecule has 0 saturated heterocycles. The van der Waals surface area contributed by atoms with Crippen molar-refractivity contribution in [3.63, 3.8) is 0 Å². The highest BCUT2D eigenvalue weighted by atomic mass is 35.5. The van der Waals surface area contributed by atoms with E-state index in [9.17, 15) is 4.79 Å². The maximum absolute atomic E-state index is 10.5. The zero-order valence-corrected chi connectivity index (χ0v) is 10.2. The predicted molar refractivity (Wildman–Crippen MR) is 64.9 cm³/mol. The molecule has 0 spiro atoms. The first-order valence-electron chi connectivity index (χ1n) is 4.69. The third kappa shape index (κ3) is 3.55. The summed E-state index contributed by atoms with van der Waals surface area (Å²) in [7, 11) is 3.90. The van der Waals surface area contributed by atoms with E-state index in [0.717, 1.165) is 5.69 Å². The Kier molecular flexibility index (Phi) is 4.31. The van der Waals surface area contributed by atoms with Gasteiger partial charge in [0.15, 0.2) is 5.17 Å². The van der Waals surface area contributed by atoms with Crippen LogP contribution in [-0.4, -0.2) is 25.2 Å². The van der Waals surface area contributed by atoms with Gasteiger partial charge in [0.25, 0.3) is 0 Å². The first kappa shape index (κ1) is 12.5. The van der Waals surface area contributed by atoms with E-state index in [1.165, 1.54) is 6.92 Å². The normalized spacial score (nSPS) is 11.1. The van der Waals surface area contributed by atoms with E-state index in [1.807, 2.05) is 43.3 Å². The lowest BCUT2D eigenvalue weighted by Crippen LogP contribution is -2.08. The van der Waals surface area contributed by atoms with Gasteiger partial charge in [-0.3, -0.25) is 0 Å². The number of carbonyl (C=O) groups excluding carboxylic acids is 1. The van der Waals surface area contributed by atoms with E-state index in [2.05, 4.69) is 9.99 Å². The molecule has 1 aromatic carbocycles. The van der Waals surface area contributed by atoms with E-state index >= 15 is 0 Å². The maximum atomic E-state index is 10.5. The first-order valence-corrected chi connectivity index (χ1v) is 5.07. The van der Waals surface area contributed by atoms with Crippen molar-refractivity contribution in [2.75, 3.05) is 19.0 Å². The average molecular weight is 241 g/mol. The number of oxime groups is 1. The number of carbonyl (C=O) groups is 1. The van der Waals surface area contributed by atoms with Crippen molar-refractivity contribution in [2.24, 2.45) is 5.16 Å². The Morgan fingerprint density at radius 2 is 1.88 bits per heavy atom. The predicted octanol–water partition coefficient (Wildman–Crippen LogP) is 2.22. The number of benzene rings is 1.